The van der Waals surface area contributed by atoms with Crippen molar-refractivity contribution in [3.63, 3.8) is 0 Å². The number of fused-ring (bicyclic) bond motifs is 1. The van der Waals surface area contributed by atoms with E-state index in [1.807, 2.05) is 62.4 Å². The first-order valence-corrected chi connectivity index (χ1v) is 10.5. The van der Waals surface area contributed by atoms with Crippen LogP contribution < -0.4 is 10.1 Å². The molecule has 1 N–H and O–H groups in total. The molecule has 0 aliphatic rings. The van der Waals surface area contributed by atoms with Crippen LogP contribution in [0.4, 0.5) is 5.69 Å². The van der Waals surface area contributed by atoms with Crippen LogP contribution in [0.25, 0.3) is 16.6 Å². The molecule has 0 unspecified atom stereocenters. The summed E-state index contributed by atoms with van der Waals surface area (Å²) in [5.74, 6) is 1.46. The molecule has 3 aromatic carbocycles. The molecular formula is C26H21N5O2. The largest absolute Gasteiger partial charge is 0.439 e. The third kappa shape index (κ3) is 4.29. The van der Waals surface area contributed by atoms with Crippen molar-refractivity contribution in [3.8, 4) is 17.4 Å². The quantitative estimate of drug-likeness (QED) is 0.395. The normalized spacial score (nSPS) is 10.8. The summed E-state index contributed by atoms with van der Waals surface area (Å²) in [7, 11) is 0. The van der Waals surface area contributed by atoms with E-state index in [1.165, 1.54) is 6.33 Å². The second-order valence-corrected chi connectivity index (χ2v) is 7.66. The molecule has 0 aliphatic heterocycles. The molecule has 0 saturated carbocycles. The summed E-state index contributed by atoms with van der Waals surface area (Å²) in [6, 6.07) is 24.4. The van der Waals surface area contributed by atoms with Gasteiger partial charge in [-0.1, -0.05) is 36.4 Å². The molecule has 2 aromatic heterocycles. The molecule has 0 aliphatic carbocycles. The number of anilines is 1. The molecule has 0 saturated heterocycles. The Kier molecular flexibility index (Phi) is 5.28. The number of hydrogen-bond acceptors (Lipinski definition) is 5. The highest BCUT2D eigenvalue weighted by molar-refractivity contribution is 6.12. The summed E-state index contributed by atoms with van der Waals surface area (Å²) in [6.45, 7) is 3.90. The number of aromatic nitrogens is 4. The maximum Gasteiger partial charge on any atom is 0.256 e. The molecule has 0 fully saturated rings. The monoisotopic (exact) mass is 435 g/mol. The van der Waals surface area contributed by atoms with Gasteiger partial charge in [0.15, 0.2) is 5.82 Å². The SMILES string of the molecule is Cc1cc(C)n(-c2cc(Oc3ccc(NC(=O)c4cccc5ccccc45)cc3)ncn2)n1. The lowest BCUT2D eigenvalue weighted by molar-refractivity contribution is 0.102. The van der Waals surface area contributed by atoms with E-state index in [0.717, 1.165) is 22.2 Å². The van der Waals surface area contributed by atoms with Crippen molar-refractivity contribution in [3.05, 3.63) is 102 Å². The molecule has 162 valence electrons. The highest BCUT2D eigenvalue weighted by atomic mass is 16.5. The van der Waals surface area contributed by atoms with E-state index in [4.69, 9.17) is 4.74 Å². The van der Waals surface area contributed by atoms with Crippen LogP contribution in [0.1, 0.15) is 21.7 Å². The smallest absolute Gasteiger partial charge is 0.256 e. The predicted molar refractivity (Wildman–Crippen MR) is 127 cm³/mol. The Bertz CT molecular complexity index is 1450. The van der Waals surface area contributed by atoms with Gasteiger partial charge in [0.05, 0.1) is 5.69 Å². The van der Waals surface area contributed by atoms with Gasteiger partial charge in [0.2, 0.25) is 5.88 Å². The highest BCUT2D eigenvalue weighted by Gasteiger charge is 2.11. The molecule has 33 heavy (non-hydrogen) atoms. The Morgan fingerprint density at radius 1 is 0.909 bits per heavy atom. The third-order valence-electron chi connectivity index (χ3n) is 5.22. The van der Waals surface area contributed by atoms with Crippen LogP contribution in [0.5, 0.6) is 11.6 Å². The van der Waals surface area contributed by atoms with Crippen LogP contribution in [0.3, 0.4) is 0 Å². The van der Waals surface area contributed by atoms with Gasteiger partial charge in [0.25, 0.3) is 5.91 Å². The van der Waals surface area contributed by atoms with Crippen LogP contribution in [-0.2, 0) is 0 Å². The van der Waals surface area contributed by atoms with E-state index in [-0.39, 0.29) is 5.91 Å². The van der Waals surface area contributed by atoms with Crippen molar-refractivity contribution in [2.24, 2.45) is 0 Å². The summed E-state index contributed by atoms with van der Waals surface area (Å²) < 4.78 is 7.63. The first-order valence-electron chi connectivity index (χ1n) is 10.5. The fourth-order valence-corrected chi connectivity index (χ4v) is 3.71. The van der Waals surface area contributed by atoms with Crippen LogP contribution in [0, 0.1) is 13.8 Å². The summed E-state index contributed by atoms with van der Waals surface area (Å²) in [6.07, 6.45) is 1.44. The lowest BCUT2D eigenvalue weighted by Crippen LogP contribution is -2.12. The lowest BCUT2D eigenvalue weighted by Gasteiger charge is -2.10. The van der Waals surface area contributed by atoms with Crippen LogP contribution in [0.15, 0.2) is 85.2 Å². The Morgan fingerprint density at radius 2 is 1.70 bits per heavy atom. The first kappa shape index (κ1) is 20.4. The standard InChI is InChI=1S/C26H21N5O2/c1-17-14-18(2)31(30-17)24-15-25(28-16-27-24)33-21-12-10-20(11-13-21)29-26(32)23-9-5-7-19-6-3-4-8-22(19)23/h3-16H,1-2H3,(H,29,32). The molecule has 0 radical (unpaired) electrons. The fraction of sp³-hybridized carbons (Fsp3) is 0.0769. The zero-order valence-corrected chi connectivity index (χ0v) is 18.2. The number of hydrogen-bond donors (Lipinski definition) is 1. The van der Waals surface area contributed by atoms with Crippen molar-refractivity contribution in [2.75, 3.05) is 5.32 Å². The number of carbonyl (C=O) groups excluding carboxylic acids is 1. The van der Waals surface area contributed by atoms with Gasteiger partial charge >= 0.3 is 0 Å². The van der Waals surface area contributed by atoms with Crippen molar-refractivity contribution in [1.82, 2.24) is 19.7 Å². The second kappa shape index (κ2) is 8.55. The van der Waals surface area contributed by atoms with Gasteiger partial charge in [-0.05, 0) is 61.0 Å². The molecule has 0 spiro atoms. The molecule has 5 aromatic rings. The highest BCUT2D eigenvalue weighted by Crippen LogP contribution is 2.24. The molecule has 0 atom stereocenters. The van der Waals surface area contributed by atoms with E-state index >= 15 is 0 Å². The number of nitrogens with zero attached hydrogens (tertiary/aromatic N) is 4. The summed E-state index contributed by atoms with van der Waals surface area (Å²) in [5.41, 5.74) is 3.19. The van der Waals surface area contributed by atoms with Gasteiger partial charge in [-0.2, -0.15) is 5.10 Å². The molecule has 7 heteroatoms. The Labute approximate surface area is 190 Å². The van der Waals surface area contributed by atoms with Gasteiger partial charge in [0.1, 0.15) is 12.1 Å². The number of nitrogens with one attached hydrogen (secondary N) is 1. The summed E-state index contributed by atoms with van der Waals surface area (Å²) >= 11 is 0. The maximum absolute atomic E-state index is 12.8. The average molecular weight is 435 g/mol. The van der Waals surface area contributed by atoms with Crippen LogP contribution >= 0.6 is 0 Å². The first-order chi connectivity index (χ1) is 16.1. The van der Waals surface area contributed by atoms with Crippen molar-refractivity contribution >= 4 is 22.4 Å². The molecule has 2 heterocycles. The Balaban J connectivity index is 1.31. The van der Waals surface area contributed by atoms with E-state index < -0.39 is 0 Å². The number of rotatable bonds is 5. The van der Waals surface area contributed by atoms with E-state index in [2.05, 4.69) is 20.4 Å². The number of ether oxygens (including phenoxy) is 1. The number of carbonyl (C=O) groups is 1. The number of benzene rings is 3. The third-order valence-corrected chi connectivity index (χ3v) is 5.22. The van der Waals surface area contributed by atoms with Crippen molar-refractivity contribution in [2.45, 2.75) is 13.8 Å². The second-order valence-electron chi connectivity index (χ2n) is 7.66. The molecule has 7 nitrogen and oxygen atoms in total. The van der Waals surface area contributed by atoms with Crippen molar-refractivity contribution < 1.29 is 9.53 Å². The van der Waals surface area contributed by atoms with Gasteiger partial charge in [-0.25, -0.2) is 14.6 Å². The van der Waals surface area contributed by atoms with Gasteiger partial charge in [-0.3, -0.25) is 4.79 Å². The lowest BCUT2D eigenvalue weighted by atomic mass is 10.0. The Hall–Kier alpha value is -4.52. The topological polar surface area (TPSA) is 81.9 Å². The molecule has 1 amide bonds. The van der Waals surface area contributed by atoms with Crippen LogP contribution in [-0.4, -0.2) is 25.7 Å². The molecule has 5 rings (SSSR count). The maximum atomic E-state index is 12.8. The number of aryl methyl sites for hydroxylation is 2. The molecule has 0 bridgehead atoms. The number of amides is 1. The summed E-state index contributed by atoms with van der Waals surface area (Å²) in [4.78, 5) is 21.3. The minimum absolute atomic E-state index is 0.161. The van der Waals surface area contributed by atoms with Crippen LogP contribution in [0.2, 0.25) is 0 Å². The van der Waals surface area contributed by atoms with E-state index in [9.17, 15) is 4.79 Å². The predicted octanol–water partition coefficient (Wildman–Crippen LogP) is 5.48. The van der Waals surface area contributed by atoms with Crippen molar-refractivity contribution in [1.29, 1.82) is 0 Å². The van der Waals surface area contributed by atoms with Gasteiger partial charge in [-0.15, -0.1) is 0 Å². The fourth-order valence-electron chi connectivity index (χ4n) is 3.71. The van der Waals surface area contributed by atoms with E-state index in [0.29, 0.717) is 28.7 Å². The Morgan fingerprint density at radius 3 is 2.48 bits per heavy atom. The van der Waals surface area contributed by atoms with E-state index in [1.54, 1.807) is 35.0 Å². The minimum atomic E-state index is -0.161. The summed E-state index contributed by atoms with van der Waals surface area (Å²) in [5, 5.41) is 9.33. The zero-order valence-electron chi connectivity index (χ0n) is 18.2. The molecular weight excluding hydrogens is 414 g/mol. The van der Waals surface area contributed by atoms with Gasteiger partial charge < -0.3 is 10.1 Å². The average Bonchev–Trinajstić information content (AvgIpc) is 3.18. The minimum Gasteiger partial charge on any atom is -0.439 e. The zero-order chi connectivity index (χ0) is 22.8. The van der Waals surface area contributed by atoms with Gasteiger partial charge in [0, 0.05) is 23.0 Å².